The van der Waals surface area contributed by atoms with Crippen molar-refractivity contribution in [2.45, 2.75) is 0 Å². The van der Waals surface area contributed by atoms with Crippen LogP contribution in [0.2, 0.25) is 0 Å². The highest BCUT2D eigenvalue weighted by molar-refractivity contribution is 7.00. The van der Waals surface area contributed by atoms with Crippen molar-refractivity contribution in [1.82, 2.24) is 29.5 Å². The van der Waals surface area contributed by atoms with Crippen LogP contribution in [0.25, 0.3) is 140 Å². The van der Waals surface area contributed by atoms with Crippen LogP contribution in [-0.2, 0) is 0 Å². The summed E-state index contributed by atoms with van der Waals surface area (Å²) >= 11 is 0. The number of anilines is 6. The lowest BCUT2D eigenvalue weighted by Gasteiger charge is -2.44. The molecule has 0 bridgehead atoms. The number of para-hydroxylation sites is 2. The van der Waals surface area contributed by atoms with E-state index in [1.165, 1.54) is 27.5 Å². The van der Waals surface area contributed by atoms with Gasteiger partial charge in [-0.15, -0.1) is 0 Å². The molecule has 0 atom stereocenters. The van der Waals surface area contributed by atoms with Crippen molar-refractivity contribution in [1.29, 1.82) is 0 Å². The van der Waals surface area contributed by atoms with E-state index in [1.807, 2.05) is 48.5 Å². The van der Waals surface area contributed by atoms with Crippen LogP contribution >= 0.6 is 0 Å². The molecule has 0 aliphatic carbocycles. The van der Waals surface area contributed by atoms with Crippen LogP contribution in [-0.4, -0.2) is 36.2 Å². The van der Waals surface area contributed by atoms with E-state index in [2.05, 4.69) is 348 Å². The summed E-state index contributed by atoms with van der Waals surface area (Å²) in [4.78, 5) is 32.1. The molecule has 106 heavy (non-hydrogen) atoms. The third-order valence-electron chi connectivity index (χ3n) is 20.8. The molecule has 0 spiro atoms. The largest absolute Gasteiger partial charge is 0.311 e. The van der Waals surface area contributed by atoms with Crippen LogP contribution in [0.1, 0.15) is 0 Å². The standard InChI is InChI=1S/C97H63BN8/c1-10-28-64(29-11-1)72-46-51-79-80-56-71(76-61-91-93-92(62-76)105(78-44-26-9-27-45-78)90-60-74(66-32-14-3-15-33-66)48-53-83(90)98(93)82-52-47-73(65-30-12-2-13-31-65)59-89(82)104(91)77-42-24-8-25-43-77)49-54-86(80)106(88(79)58-72)87-55-50-75(96-99-84(67-34-16-4-17-35-67)63-85(100-96)68-36-18-5-19-37-68)57-81(87)97-102-94(69-38-20-6-21-39-69)101-95(103-97)70-40-22-7-23-41-70/h1-63H. The number of rotatable bonds is 13. The minimum atomic E-state index is -0.110. The summed E-state index contributed by atoms with van der Waals surface area (Å²) < 4.78 is 2.42. The highest BCUT2D eigenvalue weighted by Crippen LogP contribution is 2.49. The fraction of sp³-hybridized carbons (Fsp3) is 0. The quantitative estimate of drug-likeness (QED) is 0.106. The van der Waals surface area contributed by atoms with E-state index in [9.17, 15) is 0 Å². The molecule has 0 saturated carbocycles. The van der Waals surface area contributed by atoms with E-state index < -0.39 is 0 Å². The van der Waals surface area contributed by atoms with Crippen LogP contribution in [0, 0.1) is 0 Å². The second-order valence-electron chi connectivity index (χ2n) is 27.1. The summed E-state index contributed by atoms with van der Waals surface area (Å²) in [5.74, 6) is 2.18. The van der Waals surface area contributed by atoms with E-state index in [0.29, 0.717) is 23.3 Å². The lowest BCUT2D eigenvalue weighted by atomic mass is 9.33. The summed E-state index contributed by atoms with van der Waals surface area (Å²) in [7, 11) is 0. The molecular formula is C97H63BN8. The molecule has 0 N–H and O–H groups in total. The number of aromatic nitrogens is 6. The zero-order chi connectivity index (χ0) is 70.0. The Morgan fingerprint density at radius 1 is 0.208 bits per heavy atom. The van der Waals surface area contributed by atoms with E-state index in [1.54, 1.807) is 0 Å². The Morgan fingerprint density at radius 2 is 0.575 bits per heavy atom. The van der Waals surface area contributed by atoms with Crippen molar-refractivity contribution in [2.75, 3.05) is 9.80 Å². The maximum absolute atomic E-state index is 5.52. The molecular weight excluding hydrogens is 1290 g/mol. The summed E-state index contributed by atoms with van der Waals surface area (Å²) in [6.07, 6.45) is 0. The average Bonchev–Trinajstić information content (AvgIpc) is 0.761. The first-order valence-electron chi connectivity index (χ1n) is 36.0. The van der Waals surface area contributed by atoms with Crippen molar-refractivity contribution in [3.05, 3.63) is 382 Å². The molecule has 8 nitrogen and oxygen atoms in total. The fourth-order valence-electron chi connectivity index (χ4n) is 15.8. The number of hydrogen-bond donors (Lipinski definition) is 0. The van der Waals surface area contributed by atoms with Gasteiger partial charge in [0.05, 0.1) is 28.1 Å². The van der Waals surface area contributed by atoms with E-state index >= 15 is 0 Å². The van der Waals surface area contributed by atoms with Gasteiger partial charge in [-0.05, 0) is 152 Å². The highest BCUT2D eigenvalue weighted by atomic mass is 15.2. The first-order valence-corrected chi connectivity index (χ1v) is 36.0. The van der Waals surface area contributed by atoms with Crippen LogP contribution < -0.4 is 26.2 Å². The van der Waals surface area contributed by atoms with Crippen LogP contribution in [0.15, 0.2) is 382 Å². The van der Waals surface area contributed by atoms with Gasteiger partial charge in [0, 0.05) is 78.3 Å². The van der Waals surface area contributed by atoms with E-state index in [4.69, 9.17) is 24.9 Å². The zero-order valence-corrected chi connectivity index (χ0v) is 57.5. The topological polar surface area (TPSA) is 75.9 Å². The van der Waals surface area contributed by atoms with Gasteiger partial charge in [0.1, 0.15) is 0 Å². The minimum Gasteiger partial charge on any atom is -0.311 e. The summed E-state index contributed by atoms with van der Waals surface area (Å²) in [6.45, 7) is -0.110. The first kappa shape index (κ1) is 61.7. The molecule has 494 valence electrons. The molecule has 15 aromatic carbocycles. The van der Waals surface area contributed by atoms with Crippen molar-refractivity contribution in [2.24, 2.45) is 0 Å². The second kappa shape index (κ2) is 26.0. The predicted molar refractivity (Wildman–Crippen MR) is 438 cm³/mol. The predicted octanol–water partition coefficient (Wildman–Crippen LogP) is 22.5. The molecule has 0 saturated heterocycles. The molecule has 18 aromatic rings. The summed E-state index contributed by atoms with van der Waals surface area (Å²) in [6, 6.07) is 137. The Bertz CT molecular complexity index is 6090. The smallest absolute Gasteiger partial charge is 0.252 e. The normalized spacial score (nSPS) is 12.1. The van der Waals surface area contributed by atoms with Crippen molar-refractivity contribution in [3.8, 4) is 118 Å². The van der Waals surface area contributed by atoms with Crippen molar-refractivity contribution < 1.29 is 0 Å². The molecule has 2 aliphatic rings. The fourth-order valence-corrected chi connectivity index (χ4v) is 15.8. The van der Waals surface area contributed by atoms with Gasteiger partial charge < -0.3 is 14.4 Å². The Kier molecular flexibility index (Phi) is 15.2. The number of hydrogen-bond acceptors (Lipinski definition) is 7. The first-order chi connectivity index (χ1) is 52.5. The van der Waals surface area contributed by atoms with Gasteiger partial charge in [0.25, 0.3) is 6.71 Å². The molecule has 0 amide bonds. The Labute approximate surface area is 614 Å². The molecule has 0 fully saturated rings. The highest BCUT2D eigenvalue weighted by Gasteiger charge is 2.44. The van der Waals surface area contributed by atoms with Crippen LogP contribution in [0.3, 0.4) is 0 Å². The van der Waals surface area contributed by atoms with Crippen LogP contribution in [0.5, 0.6) is 0 Å². The molecule has 0 unspecified atom stereocenters. The van der Waals surface area contributed by atoms with Gasteiger partial charge >= 0.3 is 0 Å². The average molecular weight is 1350 g/mol. The molecule has 9 heteroatoms. The number of nitrogens with zero attached hydrogens (tertiary/aromatic N) is 8. The second-order valence-corrected chi connectivity index (χ2v) is 27.1. The maximum Gasteiger partial charge on any atom is 0.252 e. The molecule has 2 aliphatic heterocycles. The van der Waals surface area contributed by atoms with Gasteiger partial charge in [0.15, 0.2) is 23.3 Å². The lowest BCUT2D eigenvalue weighted by molar-refractivity contribution is 1.06. The van der Waals surface area contributed by atoms with Crippen molar-refractivity contribution >= 4 is 79.0 Å². The third kappa shape index (κ3) is 10.9. The van der Waals surface area contributed by atoms with Crippen molar-refractivity contribution in [3.63, 3.8) is 0 Å². The zero-order valence-electron chi connectivity index (χ0n) is 57.5. The summed E-state index contributed by atoms with van der Waals surface area (Å²) in [5, 5.41) is 2.17. The molecule has 5 heterocycles. The van der Waals surface area contributed by atoms with Gasteiger partial charge in [-0.2, -0.15) is 0 Å². The van der Waals surface area contributed by atoms with E-state index in [-0.39, 0.29) is 6.71 Å². The molecule has 0 radical (unpaired) electrons. The lowest BCUT2D eigenvalue weighted by Crippen LogP contribution is -2.61. The number of benzene rings is 15. The van der Waals surface area contributed by atoms with Gasteiger partial charge in [-0.3, -0.25) is 0 Å². The Morgan fingerprint density at radius 3 is 1.05 bits per heavy atom. The minimum absolute atomic E-state index is 0.110. The van der Waals surface area contributed by atoms with E-state index in [0.717, 1.165) is 140 Å². The Hall–Kier alpha value is -14.1. The third-order valence-corrected chi connectivity index (χ3v) is 20.8. The van der Waals surface area contributed by atoms with Gasteiger partial charge in [0.2, 0.25) is 0 Å². The van der Waals surface area contributed by atoms with Gasteiger partial charge in [-0.1, -0.05) is 291 Å². The van der Waals surface area contributed by atoms with Gasteiger partial charge in [-0.25, -0.2) is 24.9 Å². The SMILES string of the molecule is c1ccc(-c2ccc3c(c2)N(c2ccccc2)c2cc(-c4ccc5c(c4)c4ccc(-c6ccccc6)cc4n5-c4ccc(-c5nc(-c6ccccc6)cc(-c6ccccc6)n5)cc4-c4nc(-c5ccccc5)nc(-c5ccccc5)n4)cc4c2B3c2ccc(-c3ccccc3)cc2N4c2ccccc2)cc1. The molecule has 3 aromatic heterocycles. The van der Waals surface area contributed by atoms with Crippen LogP contribution in [0.4, 0.5) is 34.1 Å². The summed E-state index contributed by atoms with van der Waals surface area (Å²) in [5.41, 5.74) is 29.2. The Balaban J connectivity index is 0.850. The maximum atomic E-state index is 5.52. The monoisotopic (exact) mass is 1350 g/mol. The molecule has 20 rings (SSSR count). The number of fused-ring (bicyclic) bond motifs is 7.